The third-order valence-corrected chi connectivity index (χ3v) is 7.83. The molecule has 2 aliphatic rings. The van der Waals surface area contributed by atoms with Crippen LogP contribution in [0.1, 0.15) is 55.7 Å². The van der Waals surface area contributed by atoms with Gasteiger partial charge in [0, 0.05) is 40.9 Å². The number of thiophene rings is 1. The highest BCUT2D eigenvalue weighted by Gasteiger charge is 2.55. The van der Waals surface area contributed by atoms with E-state index < -0.39 is 0 Å². The minimum atomic E-state index is 0.233. The molecule has 4 rings (SSSR count). The Morgan fingerprint density at radius 3 is 2.74 bits per heavy atom. The Kier molecular flexibility index (Phi) is 5.41. The molecule has 27 heavy (non-hydrogen) atoms. The zero-order valence-corrected chi connectivity index (χ0v) is 17.7. The van der Waals surface area contributed by atoms with Gasteiger partial charge in [0.15, 0.2) is 0 Å². The Hall–Kier alpha value is -1.23. The van der Waals surface area contributed by atoms with E-state index in [9.17, 15) is 0 Å². The van der Waals surface area contributed by atoms with Crippen LogP contribution in [0.25, 0.3) is 0 Å². The van der Waals surface area contributed by atoms with Crippen LogP contribution in [-0.4, -0.2) is 35.7 Å². The molecule has 0 N–H and O–H groups in total. The second-order valence-electron chi connectivity index (χ2n) is 8.43. The van der Waals surface area contributed by atoms with E-state index in [1.807, 2.05) is 11.3 Å². The van der Waals surface area contributed by atoms with Crippen molar-refractivity contribution in [2.45, 2.75) is 64.5 Å². The number of rotatable bonds is 8. The van der Waals surface area contributed by atoms with E-state index in [2.05, 4.69) is 66.5 Å². The summed E-state index contributed by atoms with van der Waals surface area (Å²) in [6.45, 7) is 9.61. The Labute approximate surface area is 167 Å². The SMILES string of the molecule is CCO[C@@H](C)[C@]1(CCc2cccs2)CCN(C2(c3ccc(C)nc3)CC2)C1. The van der Waals surface area contributed by atoms with Gasteiger partial charge in [0.05, 0.1) is 6.10 Å². The molecule has 4 heteroatoms. The number of aryl methyl sites for hydroxylation is 2. The first-order chi connectivity index (χ1) is 13.1. The monoisotopic (exact) mass is 384 g/mol. The zero-order valence-electron chi connectivity index (χ0n) is 16.9. The topological polar surface area (TPSA) is 25.4 Å². The number of nitrogens with zero attached hydrogens (tertiary/aromatic N) is 2. The normalized spacial score (nSPS) is 25.6. The van der Waals surface area contributed by atoms with E-state index in [1.165, 1.54) is 49.1 Å². The molecular formula is C23H32N2OS. The third-order valence-electron chi connectivity index (χ3n) is 6.89. The predicted octanol–water partition coefficient (Wildman–Crippen LogP) is 5.19. The fourth-order valence-corrected chi connectivity index (χ4v) is 5.61. The molecule has 0 spiro atoms. The number of likely N-dealkylation sites (tertiary alicyclic amines) is 1. The summed E-state index contributed by atoms with van der Waals surface area (Å²) in [6.07, 6.45) is 8.57. The van der Waals surface area contributed by atoms with Gasteiger partial charge in [0.1, 0.15) is 0 Å². The maximum absolute atomic E-state index is 6.17. The zero-order chi connectivity index (χ0) is 18.9. The molecule has 0 aromatic carbocycles. The number of hydrogen-bond donors (Lipinski definition) is 0. The molecule has 2 fully saturated rings. The van der Waals surface area contributed by atoms with Crippen molar-refractivity contribution in [2.24, 2.45) is 5.41 Å². The van der Waals surface area contributed by atoms with Crippen LogP contribution in [0.3, 0.4) is 0 Å². The Balaban J connectivity index is 1.52. The lowest BCUT2D eigenvalue weighted by molar-refractivity contribution is -0.0267. The van der Waals surface area contributed by atoms with Crippen molar-refractivity contribution in [1.82, 2.24) is 9.88 Å². The first-order valence-corrected chi connectivity index (χ1v) is 11.3. The van der Waals surface area contributed by atoms with Gasteiger partial charge in [-0.05, 0) is 82.5 Å². The molecule has 3 nitrogen and oxygen atoms in total. The molecule has 1 saturated carbocycles. The van der Waals surface area contributed by atoms with Crippen molar-refractivity contribution in [3.05, 3.63) is 52.0 Å². The first kappa shape index (κ1) is 19.1. The Morgan fingerprint density at radius 2 is 2.11 bits per heavy atom. The second kappa shape index (κ2) is 7.65. The number of aromatic nitrogens is 1. The Bertz CT molecular complexity index is 738. The maximum Gasteiger partial charge on any atom is 0.0615 e. The minimum Gasteiger partial charge on any atom is -0.378 e. The molecule has 1 saturated heterocycles. The standard InChI is InChI=1S/C23H32N2OS/c1-4-26-19(3)22(10-9-21-6-5-15-27-21)13-14-25(17-22)23(11-12-23)20-8-7-18(2)24-16-20/h5-8,15-16,19H,4,9-14,17H2,1-3H3/t19-,22+/m0/s1. The summed E-state index contributed by atoms with van der Waals surface area (Å²) in [4.78, 5) is 8.83. The van der Waals surface area contributed by atoms with Crippen molar-refractivity contribution in [3.8, 4) is 0 Å². The smallest absolute Gasteiger partial charge is 0.0615 e. The van der Waals surface area contributed by atoms with Crippen LogP contribution in [0.4, 0.5) is 0 Å². The first-order valence-electron chi connectivity index (χ1n) is 10.4. The van der Waals surface area contributed by atoms with Crippen molar-refractivity contribution in [3.63, 3.8) is 0 Å². The lowest BCUT2D eigenvalue weighted by Crippen LogP contribution is -2.41. The molecule has 3 heterocycles. The van der Waals surface area contributed by atoms with Gasteiger partial charge in [-0.2, -0.15) is 0 Å². The fourth-order valence-electron chi connectivity index (χ4n) is 4.90. The lowest BCUT2D eigenvalue weighted by Gasteiger charge is -2.37. The van der Waals surface area contributed by atoms with E-state index in [0.29, 0.717) is 6.10 Å². The van der Waals surface area contributed by atoms with Crippen LogP contribution in [0, 0.1) is 12.3 Å². The number of hydrogen-bond acceptors (Lipinski definition) is 4. The molecule has 0 radical (unpaired) electrons. The minimum absolute atomic E-state index is 0.233. The van der Waals surface area contributed by atoms with Gasteiger partial charge in [-0.1, -0.05) is 12.1 Å². The summed E-state index contributed by atoms with van der Waals surface area (Å²) in [5.41, 5.74) is 3.00. The molecule has 1 aliphatic heterocycles. The highest BCUT2D eigenvalue weighted by Crippen LogP contribution is 2.55. The van der Waals surface area contributed by atoms with Gasteiger partial charge in [-0.15, -0.1) is 11.3 Å². The number of pyridine rings is 1. The van der Waals surface area contributed by atoms with Gasteiger partial charge in [-0.25, -0.2) is 0 Å². The largest absolute Gasteiger partial charge is 0.378 e. The third kappa shape index (κ3) is 3.72. The average Bonchev–Trinajstić information content (AvgIpc) is 3.11. The van der Waals surface area contributed by atoms with Gasteiger partial charge in [0.25, 0.3) is 0 Å². The van der Waals surface area contributed by atoms with E-state index in [4.69, 9.17) is 4.74 Å². The number of ether oxygens (including phenoxy) is 1. The molecular weight excluding hydrogens is 352 g/mol. The quantitative estimate of drug-likeness (QED) is 0.626. The van der Waals surface area contributed by atoms with Crippen molar-refractivity contribution in [2.75, 3.05) is 19.7 Å². The molecule has 2 atom stereocenters. The summed E-state index contributed by atoms with van der Waals surface area (Å²) < 4.78 is 6.17. The van der Waals surface area contributed by atoms with Crippen LogP contribution in [0.5, 0.6) is 0 Å². The fraction of sp³-hybridized carbons (Fsp3) is 0.609. The molecule has 146 valence electrons. The summed E-state index contributed by atoms with van der Waals surface area (Å²) in [5, 5.41) is 2.19. The van der Waals surface area contributed by atoms with E-state index in [0.717, 1.165) is 18.8 Å². The van der Waals surface area contributed by atoms with Crippen LogP contribution >= 0.6 is 11.3 Å². The summed E-state index contributed by atoms with van der Waals surface area (Å²) in [5.74, 6) is 0. The maximum atomic E-state index is 6.17. The summed E-state index contributed by atoms with van der Waals surface area (Å²) in [6, 6.07) is 8.91. The Morgan fingerprint density at radius 1 is 1.26 bits per heavy atom. The van der Waals surface area contributed by atoms with E-state index in [-0.39, 0.29) is 11.0 Å². The summed E-state index contributed by atoms with van der Waals surface area (Å²) in [7, 11) is 0. The molecule has 0 bridgehead atoms. The second-order valence-corrected chi connectivity index (χ2v) is 9.46. The molecule has 0 amide bonds. The van der Waals surface area contributed by atoms with Gasteiger partial charge in [-0.3, -0.25) is 9.88 Å². The van der Waals surface area contributed by atoms with Crippen LogP contribution in [-0.2, 0) is 16.7 Å². The van der Waals surface area contributed by atoms with Crippen molar-refractivity contribution in [1.29, 1.82) is 0 Å². The predicted molar refractivity (Wildman–Crippen MR) is 112 cm³/mol. The van der Waals surface area contributed by atoms with Crippen LogP contribution < -0.4 is 0 Å². The van der Waals surface area contributed by atoms with Gasteiger partial charge in [0.2, 0.25) is 0 Å². The highest BCUT2D eigenvalue weighted by molar-refractivity contribution is 7.09. The lowest BCUT2D eigenvalue weighted by atomic mass is 9.77. The van der Waals surface area contributed by atoms with Gasteiger partial charge >= 0.3 is 0 Å². The van der Waals surface area contributed by atoms with Crippen molar-refractivity contribution >= 4 is 11.3 Å². The molecule has 2 aromatic heterocycles. The van der Waals surface area contributed by atoms with E-state index in [1.54, 1.807) is 0 Å². The van der Waals surface area contributed by atoms with E-state index >= 15 is 0 Å². The molecule has 2 aromatic rings. The highest BCUT2D eigenvalue weighted by atomic mass is 32.1. The van der Waals surface area contributed by atoms with Gasteiger partial charge < -0.3 is 4.74 Å². The van der Waals surface area contributed by atoms with Crippen molar-refractivity contribution < 1.29 is 4.74 Å². The molecule has 0 unspecified atom stereocenters. The average molecular weight is 385 g/mol. The van der Waals surface area contributed by atoms with Crippen LogP contribution in [0.2, 0.25) is 0 Å². The van der Waals surface area contributed by atoms with Crippen LogP contribution in [0.15, 0.2) is 35.8 Å². The summed E-state index contributed by atoms with van der Waals surface area (Å²) >= 11 is 1.88. The molecule has 1 aliphatic carbocycles.